The van der Waals surface area contributed by atoms with Crippen LogP contribution in [0.3, 0.4) is 0 Å². The number of carbonyl (C=O) groups excluding carboxylic acids is 1. The highest BCUT2D eigenvalue weighted by Gasteiger charge is 2.17. The van der Waals surface area contributed by atoms with Gasteiger partial charge < -0.3 is 9.84 Å². The summed E-state index contributed by atoms with van der Waals surface area (Å²) in [6.45, 7) is 11.4. The van der Waals surface area contributed by atoms with Gasteiger partial charge in [-0.25, -0.2) is 0 Å². The van der Waals surface area contributed by atoms with E-state index in [0.29, 0.717) is 17.6 Å². The summed E-state index contributed by atoms with van der Waals surface area (Å²) in [7, 11) is 0. The molecule has 0 fully saturated rings. The first-order valence-electron chi connectivity index (χ1n) is 11.5. The van der Waals surface area contributed by atoms with Crippen LogP contribution in [0.5, 0.6) is 5.75 Å². The van der Waals surface area contributed by atoms with Gasteiger partial charge in [-0.05, 0) is 87.5 Å². The van der Waals surface area contributed by atoms with Crippen molar-refractivity contribution in [3.8, 4) is 5.75 Å². The van der Waals surface area contributed by atoms with Crippen molar-refractivity contribution >= 4 is 6.47 Å². The third kappa shape index (κ3) is 13.4. The second kappa shape index (κ2) is 12.9. The lowest BCUT2D eigenvalue weighted by atomic mass is 9.89. The average Bonchev–Trinajstić information content (AvgIpc) is 2.59. The molecule has 0 aliphatic carbocycles. The first kappa shape index (κ1) is 25.5. The number of benzene rings is 1. The van der Waals surface area contributed by atoms with Gasteiger partial charge in [0.1, 0.15) is 11.4 Å². The summed E-state index contributed by atoms with van der Waals surface area (Å²) in [6.07, 6.45) is 13.9. The van der Waals surface area contributed by atoms with Gasteiger partial charge in [0, 0.05) is 0 Å². The van der Waals surface area contributed by atoms with Crippen molar-refractivity contribution in [1.82, 2.24) is 0 Å². The topological polar surface area (TPSA) is 46.5 Å². The van der Waals surface area contributed by atoms with Crippen molar-refractivity contribution in [2.24, 2.45) is 5.41 Å². The van der Waals surface area contributed by atoms with Crippen molar-refractivity contribution in [1.29, 1.82) is 0 Å². The standard InChI is InChI=1S/C26H44O3/c1-25(2,3)16-12-8-6-10-14-22-18-23(20-24(28)19-22)15-11-7-9-13-17-26(4,5)29-21-27/h18-21,28H,6-17H2,1-5H3. The van der Waals surface area contributed by atoms with Gasteiger partial charge in [-0.15, -0.1) is 0 Å². The fraction of sp³-hybridized carbons (Fsp3) is 0.731. The monoisotopic (exact) mass is 404 g/mol. The summed E-state index contributed by atoms with van der Waals surface area (Å²) < 4.78 is 5.09. The minimum Gasteiger partial charge on any atom is -0.508 e. The molecule has 1 N–H and O–H groups in total. The number of ether oxygens (including phenoxy) is 1. The second-order valence-corrected chi connectivity index (χ2v) is 10.4. The summed E-state index contributed by atoms with van der Waals surface area (Å²) in [5, 5.41) is 10.1. The molecule has 0 amide bonds. The molecule has 1 aromatic carbocycles. The molecule has 0 aromatic heterocycles. The van der Waals surface area contributed by atoms with E-state index in [2.05, 4.69) is 26.8 Å². The van der Waals surface area contributed by atoms with Gasteiger partial charge in [-0.2, -0.15) is 0 Å². The van der Waals surface area contributed by atoms with Crippen LogP contribution >= 0.6 is 0 Å². The highest BCUT2D eigenvalue weighted by Crippen LogP contribution is 2.24. The van der Waals surface area contributed by atoms with E-state index in [-0.39, 0.29) is 5.60 Å². The number of unbranched alkanes of at least 4 members (excludes halogenated alkanes) is 6. The maximum absolute atomic E-state index is 10.5. The normalized spacial score (nSPS) is 12.2. The number of aromatic hydroxyl groups is 1. The largest absolute Gasteiger partial charge is 0.508 e. The van der Waals surface area contributed by atoms with Gasteiger partial charge in [0.15, 0.2) is 0 Å². The van der Waals surface area contributed by atoms with Gasteiger partial charge in [0.25, 0.3) is 6.47 Å². The molecule has 0 saturated carbocycles. The molecule has 0 aliphatic rings. The van der Waals surface area contributed by atoms with Crippen LogP contribution in [0, 0.1) is 5.41 Å². The molecule has 1 rings (SSSR count). The number of rotatable bonds is 15. The van der Waals surface area contributed by atoms with Crippen LogP contribution in [0.15, 0.2) is 18.2 Å². The predicted octanol–water partition coefficient (Wildman–Crippen LogP) is 7.38. The van der Waals surface area contributed by atoms with E-state index in [0.717, 1.165) is 44.9 Å². The van der Waals surface area contributed by atoms with Crippen molar-refractivity contribution in [2.75, 3.05) is 0 Å². The highest BCUT2D eigenvalue weighted by molar-refractivity contribution is 5.38. The molecule has 0 saturated heterocycles. The molecule has 1 aromatic rings. The molecule has 0 unspecified atom stereocenters. The van der Waals surface area contributed by atoms with Crippen molar-refractivity contribution in [3.05, 3.63) is 29.3 Å². The van der Waals surface area contributed by atoms with Gasteiger partial charge in [0.2, 0.25) is 0 Å². The quantitative estimate of drug-likeness (QED) is 0.245. The Bertz CT molecular complexity index is 584. The molecule has 0 bridgehead atoms. The van der Waals surface area contributed by atoms with E-state index in [4.69, 9.17) is 4.74 Å². The summed E-state index contributed by atoms with van der Waals surface area (Å²) in [4.78, 5) is 10.5. The lowest BCUT2D eigenvalue weighted by Gasteiger charge is -2.22. The predicted molar refractivity (Wildman–Crippen MR) is 122 cm³/mol. The smallest absolute Gasteiger partial charge is 0.293 e. The van der Waals surface area contributed by atoms with Crippen molar-refractivity contribution < 1.29 is 14.6 Å². The maximum Gasteiger partial charge on any atom is 0.293 e. The fourth-order valence-corrected chi connectivity index (χ4v) is 3.79. The van der Waals surface area contributed by atoms with Crippen molar-refractivity contribution in [3.63, 3.8) is 0 Å². The Kier molecular flexibility index (Phi) is 11.4. The number of phenolic OH excluding ortho intramolecular Hbond substituents is 1. The molecule has 166 valence electrons. The first-order valence-corrected chi connectivity index (χ1v) is 11.5. The summed E-state index contributed by atoms with van der Waals surface area (Å²) in [5.41, 5.74) is 2.61. The van der Waals surface area contributed by atoms with Crippen LogP contribution < -0.4 is 0 Å². The molecule has 3 nitrogen and oxygen atoms in total. The van der Waals surface area contributed by atoms with Crippen LogP contribution in [0.1, 0.15) is 110 Å². The zero-order chi connectivity index (χ0) is 21.8. The lowest BCUT2D eigenvalue weighted by molar-refractivity contribution is -0.140. The zero-order valence-corrected chi connectivity index (χ0v) is 19.6. The zero-order valence-electron chi connectivity index (χ0n) is 19.6. The molecule has 0 radical (unpaired) electrons. The Hall–Kier alpha value is -1.51. The Morgan fingerprint density at radius 1 is 0.759 bits per heavy atom. The Morgan fingerprint density at radius 2 is 1.24 bits per heavy atom. The number of aryl methyl sites for hydroxylation is 2. The number of hydrogen-bond donors (Lipinski definition) is 1. The third-order valence-electron chi connectivity index (χ3n) is 5.54. The highest BCUT2D eigenvalue weighted by atomic mass is 16.5. The SMILES string of the molecule is CC(C)(C)CCCCCCc1cc(O)cc(CCCCCCC(C)(C)OC=O)c1. The summed E-state index contributed by atoms with van der Waals surface area (Å²) >= 11 is 0. The van der Waals surface area contributed by atoms with Gasteiger partial charge in [-0.3, -0.25) is 4.79 Å². The van der Waals surface area contributed by atoms with Gasteiger partial charge >= 0.3 is 0 Å². The average molecular weight is 405 g/mol. The Labute approximate surface area is 179 Å². The van der Waals surface area contributed by atoms with Gasteiger partial charge in [0.05, 0.1) is 0 Å². The van der Waals surface area contributed by atoms with E-state index in [9.17, 15) is 9.90 Å². The molecule has 0 spiro atoms. The Morgan fingerprint density at radius 3 is 1.72 bits per heavy atom. The minimum absolute atomic E-state index is 0.353. The van der Waals surface area contributed by atoms with E-state index < -0.39 is 0 Å². The molecule has 3 heteroatoms. The molecular formula is C26H44O3. The number of phenols is 1. The maximum atomic E-state index is 10.5. The lowest BCUT2D eigenvalue weighted by Crippen LogP contribution is -2.23. The van der Waals surface area contributed by atoms with Crippen LogP contribution in [-0.2, 0) is 22.4 Å². The fourth-order valence-electron chi connectivity index (χ4n) is 3.79. The minimum atomic E-state index is -0.353. The van der Waals surface area contributed by atoms with E-state index in [1.165, 1.54) is 43.2 Å². The first-order chi connectivity index (χ1) is 13.6. The molecule has 0 atom stereocenters. The van der Waals surface area contributed by atoms with E-state index in [1.54, 1.807) is 0 Å². The van der Waals surface area contributed by atoms with Crippen LogP contribution in [0.4, 0.5) is 0 Å². The van der Waals surface area contributed by atoms with Crippen LogP contribution in [-0.4, -0.2) is 17.2 Å². The van der Waals surface area contributed by atoms with Crippen LogP contribution in [0.25, 0.3) is 0 Å². The van der Waals surface area contributed by atoms with Gasteiger partial charge in [-0.1, -0.05) is 58.9 Å². The molecule has 0 heterocycles. The molecule has 0 aliphatic heterocycles. The summed E-state index contributed by atoms with van der Waals surface area (Å²) in [6, 6.07) is 6.11. The molecule has 29 heavy (non-hydrogen) atoms. The van der Waals surface area contributed by atoms with Crippen LogP contribution in [0.2, 0.25) is 0 Å². The van der Waals surface area contributed by atoms with E-state index >= 15 is 0 Å². The second-order valence-electron chi connectivity index (χ2n) is 10.4. The third-order valence-corrected chi connectivity index (χ3v) is 5.54. The summed E-state index contributed by atoms with van der Waals surface area (Å²) in [5.74, 6) is 0.401. The Balaban J connectivity index is 2.25. The van der Waals surface area contributed by atoms with E-state index in [1.807, 2.05) is 26.0 Å². The number of carbonyl (C=O) groups is 1. The molecular weight excluding hydrogens is 360 g/mol. The number of hydrogen-bond acceptors (Lipinski definition) is 3. The van der Waals surface area contributed by atoms with Crippen molar-refractivity contribution in [2.45, 2.75) is 117 Å².